The van der Waals surface area contributed by atoms with Gasteiger partial charge in [0.1, 0.15) is 0 Å². The van der Waals surface area contributed by atoms with Crippen molar-refractivity contribution in [1.29, 1.82) is 0 Å². The van der Waals surface area contributed by atoms with Gasteiger partial charge < -0.3 is 5.32 Å². The summed E-state index contributed by atoms with van der Waals surface area (Å²) >= 11 is 1.38. The molecule has 1 atom stereocenters. The Hall–Kier alpha value is -3.45. The van der Waals surface area contributed by atoms with E-state index in [0.29, 0.717) is 11.0 Å². The largest absolute Gasteiger partial charge is 0.325 e. The van der Waals surface area contributed by atoms with Crippen LogP contribution in [0, 0.1) is 13.8 Å². The molecule has 0 fully saturated rings. The zero-order valence-corrected chi connectivity index (χ0v) is 18.4. The molecule has 0 radical (unpaired) electrons. The molecule has 0 spiro atoms. The predicted molar refractivity (Wildman–Crippen MR) is 124 cm³/mol. The third-order valence-electron chi connectivity index (χ3n) is 4.96. The molecule has 7 heteroatoms. The van der Waals surface area contributed by atoms with Crippen LogP contribution < -0.4 is 5.32 Å². The molecular weight excluding hydrogens is 406 g/mol. The minimum Gasteiger partial charge on any atom is -0.325 e. The van der Waals surface area contributed by atoms with Gasteiger partial charge in [0, 0.05) is 23.6 Å². The number of para-hydroxylation sites is 2. The first-order valence-corrected chi connectivity index (χ1v) is 10.9. The van der Waals surface area contributed by atoms with Gasteiger partial charge in [-0.25, -0.2) is 0 Å². The van der Waals surface area contributed by atoms with E-state index in [1.807, 2.05) is 86.0 Å². The molecule has 6 nitrogen and oxygen atoms in total. The maximum atomic E-state index is 12.9. The molecule has 1 N–H and O–H groups in total. The van der Waals surface area contributed by atoms with Gasteiger partial charge in [-0.05, 0) is 56.2 Å². The Morgan fingerprint density at radius 3 is 2.42 bits per heavy atom. The summed E-state index contributed by atoms with van der Waals surface area (Å²) in [7, 11) is 0. The minimum absolute atomic E-state index is 0.0819. The Morgan fingerprint density at radius 2 is 1.71 bits per heavy atom. The molecule has 31 heavy (non-hydrogen) atoms. The SMILES string of the molecule is Cc1ccccc1NC(=O)[C@H](C)Sc1nnc(-c2cccnc2)n1-c1ccccc1C. The lowest BCUT2D eigenvalue weighted by molar-refractivity contribution is -0.115. The lowest BCUT2D eigenvalue weighted by Gasteiger charge is -2.16. The molecule has 2 aromatic heterocycles. The van der Waals surface area contributed by atoms with Gasteiger partial charge in [-0.1, -0.05) is 48.2 Å². The first-order chi connectivity index (χ1) is 15.0. The summed E-state index contributed by atoms with van der Waals surface area (Å²) in [5.74, 6) is 0.609. The smallest absolute Gasteiger partial charge is 0.237 e. The van der Waals surface area contributed by atoms with Crippen LogP contribution in [0.1, 0.15) is 18.1 Å². The zero-order valence-electron chi connectivity index (χ0n) is 17.6. The first-order valence-electron chi connectivity index (χ1n) is 9.99. The second-order valence-corrected chi connectivity index (χ2v) is 8.54. The Bertz CT molecular complexity index is 1210. The zero-order chi connectivity index (χ0) is 21.8. The molecule has 4 aromatic rings. The Balaban J connectivity index is 1.67. The third kappa shape index (κ3) is 4.51. The maximum absolute atomic E-state index is 12.9. The number of hydrogen-bond acceptors (Lipinski definition) is 5. The first kappa shape index (κ1) is 20.8. The average molecular weight is 430 g/mol. The molecule has 0 saturated carbocycles. The summed E-state index contributed by atoms with van der Waals surface area (Å²) in [6, 6.07) is 19.6. The van der Waals surface area contributed by atoms with Gasteiger partial charge >= 0.3 is 0 Å². The second-order valence-electron chi connectivity index (χ2n) is 7.23. The molecule has 156 valence electrons. The van der Waals surface area contributed by atoms with E-state index in [2.05, 4.69) is 20.5 Å². The standard InChI is InChI=1S/C24H23N5OS/c1-16-9-4-6-12-20(16)26-23(30)18(3)31-24-28-27-22(19-11-8-14-25-15-19)29(24)21-13-7-5-10-17(21)2/h4-15,18H,1-3H3,(H,26,30)/t18-/m0/s1. The molecule has 2 heterocycles. The van der Waals surface area contributed by atoms with Crippen LogP contribution in [-0.2, 0) is 4.79 Å². The quantitative estimate of drug-likeness (QED) is 0.434. The fraction of sp³-hybridized carbons (Fsp3) is 0.167. The Labute approximate surface area is 185 Å². The number of nitrogens with zero attached hydrogens (tertiary/aromatic N) is 4. The van der Waals surface area contributed by atoms with Crippen molar-refractivity contribution in [2.75, 3.05) is 5.32 Å². The van der Waals surface area contributed by atoms with Crippen molar-refractivity contribution in [3.8, 4) is 17.1 Å². The van der Waals surface area contributed by atoms with Crippen molar-refractivity contribution in [1.82, 2.24) is 19.7 Å². The van der Waals surface area contributed by atoms with E-state index in [-0.39, 0.29) is 11.2 Å². The highest BCUT2D eigenvalue weighted by Gasteiger charge is 2.23. The normalized spacial score (nSPS) is 11.8. The van der Waals surface area contributed by atoms with Crippen LogP contribution in [0.2, 0.25) is 0 Å². The molecule has 1 amide bonds. The van der Waals surface area contributed by atoms with E-state index in [9.17, 15) is 4.79 Å². The molecule has 4 rings (SSSR count). The van der Waals surface area contributed by atoms with E-state index in [4.69, 9.17) is 0 Å². The van der Waals surface area contributed by atoms with Crippen LogP contribution in [0.5, 0.6) is 0 Å². The Morgan fingerprint density at radius 1 is 0.968 bits per heavy atom. The van der Waals surface area contributed by atoms with Crippen LogP contribution in [0.25, 0.3) is 17.1 Å². The van der Waals surface area contributed by atoms with Crippen molar-refractivity contribution in [3.63, 3.8) is 0 Å². The van der Waals surface area contributed by atoms with Crippen LogP contribution in [-0.4, -0.2) is 30.9 Å². The number of rotatable bonds is 6. The van der Waals surface area contributed by atoms with Gasteiger partial charge in [-0.15, -0.1) is 10.2 Å². The van der Waals surface area contributed by atoms with Crippen LogP contribution >= 0.6 is 11.8 Å². The molecule has 0 aliphatic carbocycles. The van der Waals surface area contributed by atoms with Gasteiger partial charge in [-0.3, -0.25) is 14.3 Å². The molecule has 2 aromatic carbocycles. The van der Waals surface area contributed by atoms with Gasteiger partial charge in [0.2, 0.25) is 5.91 Å². The summed E-state index contributed by atoms with van der Waals surface area (Å²) in [5, 5.41) is 12.2. The summed E-state index contributed by atoms with van der Waals surface area (Å²) < 4.78 is 1.99. The number of thioether (sulfide) groups is 1. The molecule has 0 bridgehead atoms. The van der Waals surface area contributed by atoms with E-state index < -0.39 is 0 Å². The number of carbonyl (C=O) groups is 1. The van der Waals surface area contributed by atoms with E-state index in [1.165, 1.54) is 11.8 Å². The van der Waals surface area contributed by atoms with Crippen LogP contribution in [0.4, 0.5) is 5.69 Å². The van der Waals surface area contributed by atoms with Crippen molar-refractivity contribution in [2.45, 2.75) is 31.2 Å². The topological polar surface area (TPSA) is 72.7 Å². The van der Waals surface area contributed by atoms with E-state index >= 15 is 0 Å². The van der Waals surface area contributed by atoms with Crippen molar-refractivity contribution < 1.29 is 4.79 Å². The molecule has 0 aliphatic rings. The fourth-order valence-corrected chi connectivity index (χ4v) is 4.08. The highest BCUT2D eigenvalue weighted by Crippen LogP contribution is 2.31. The van der Waals surface area contributed by atoms with Gasteiger partial charge in [0.05, 0.1) is 10.9 Å². The van der Waals surface area contributed by atoms with Crippen molar-refractivity contribution in [2.24, 2.45) is 0 Å². The van der Waals surface area contributed by atoms with Crippen LogP contribution in [0.15, 0.2) is 78.2 Å². The number of aryl methyl sites for hydroxylation is 2. The van der Waals surface area contributed by atoms with Gasteiger partial charge in [-0.2, -0.15) is 0 Å². The van der Waals surface area contributed by atoms with Gasteiger partial charge in [0.15, 0.2) is 11.0 Å². The minimum atomic E-state index is -0.367. The maximum Gasteiger partial charge on any atom is 0.237 e. The number of aromatic nitrogens is 4. The van der Waals surface area contributed by atoms with E-state index in [1.54, 1.807) is 12.4 Å². The highest BCUT2D eigenvalue weighted by atomic mass is 32.2. The molecular formula is C24H23N5OS. The molecule has 0 saturated heterocycles. The monoisotopic (exact) mass is 429 g/mol. The summed E-state index contributed by atoms with van der Waals surface area (Å²) in [6.45, 7) is 5.90. The van der Waals surface area contributed by atoms with Crippen molar-refractivity contribution in [3.05, 3.63) is 84.2 Å². The second kappa shape index (κ2) is 9.14. The summed E-state index contributed by atoms with van der Waals surface area (Å²) in [4.78, 5) is 17.1. The number of pyridine rings is 1. The van der Waals surface area contributed by atoms with Gasteiger partial charge in [0.25, 0.3) is 0 Å². The third-order valence-corrected chi connectivity index (χ3v) is 6.01. The fourth-order valence-electron chi connectivity index (χ4n) is 3.22. The summed E-state index contributed by atoms with van der Waals surface area (Å²) in [6.07, 6.45) is 3.49. The Kier molecular flexibility index (Phi) is 6.13. The van der Waals surface area contributed by atoms with Crippen LogP contribution in [0.3, 0.4) is 0 Å². The van der Waals surface area contributed by atoms with E-state index in [0.717, 1.165) is 28.1 Å². The lowest BCUT2D eigenvalue weighted by Crippen LogP contribution is -2.23. The number of amides is 1. The number of anilines is 1. The number of carbonyl (C=O) groups excluding carboxylic acids is 1. The summed E-state index contributed by atoms with van der Waals surface area (Å²) in [5.41, 5.74) is 4.76. The number of hydrogen-bond donors (Lipinski definition) is 1. The van der Waals surface area contributed by atoms with Crippen molar-refractivity contribution >= 4 is 23.4 Å². The number of benzene rings is 2. The highest BCUT2D eigenvalue weighted by molar-refractivity contribution is 8.00. The average Bonchev–Trinajstić information content (AvgIpc) is 3.19. The molecule has 0 unspecified atom stereocenters. The molecule has 0 aliphatic heterocycles. The predicted octanol–water partition coefficient (Wildman–Crippen LogP) is 5.07. The number of nitrogens with one attached hydrogen (secondary N) is 1. The lowest BCUT2D eigenvalue weighted by atomic mass is 10.2.